The highest BCUT2D eigenvalue weighted by Crippen LogP contribution is 2.41. The van der Waals surface area contributed by atoms with E-state index in [4.69, 9.17) is 4.74 Å². The molecule has 0 unspecified atom stereocenters. The molecule has 29 heavy (non-hydrogen) atoms. The van der Waals surface area contributed by atoms with Crippen LogP contribution in [0.1, 0.15) is 31.2 Å². The van der Waals surface area contributed by atoms with Crippen molar-refractivity contribution in [3.63, 3.8) is 0 Å². The van der Waals surface area contributed by atoms with E-state index in [1.807, 2.05) is 41.8 Å². The average molecular weight is 414 g/mol. The van der Waals surface area contributed by atoms with Crippen molar-refractivity contribution in [3.05, 3.63) is 57.8 Å². The smallest absolute Gasteiger partial charge is 0.369 e. The van der Waals surface area contributed by atoms with E-state index in [1.165, 1.54) is 20.7 Å². The van der Waals surface area contributed by atoms with E-state index in [9.17, 15) is 9.59 Å². The van der Waals surface area contributed by atoms with E-state index in [0.29, 0.717) is 6.54 Å². The van der Waals surface area contributed by atoms with Crippen molar-refractivity contribution >= 4 is 17.2 Å². The second kappa shape index (κ2) is 8.20. The molecule has 0 aliphatic heterocycles. The van der Waals surface area contributed by atoms with Crippen LogP contribution < -0.4 is 15.7 Å². The molecule has 0 saturated heterocycles. The Hall–Kier alpha value is -2.94. The van der Waals surface area contributed by atoms with Crippen LogP contribution in [0.5, 0.6) is 5.75 Å². The number of aromatic nitrogens is 4. The summed E-state index contributed by atoms with van der Waals surface area (Å²) in [6, 6.07) is 11.4. The first-order valence-corrected chi connectivity index (χ1v) is 10.5. The van der Waals surface area contributed by atoms with Gasteiger partial charge < -0.3 is 10.1 Å². The lowest BCUT2D eigenvalue weighted by Crippen LogP contribution is -2.44. The van der Waals surface area contributed by atoms with Gasteiger partial charge in [0.05, 0.1) is 19.1 Å². The zero-order valence-electron chi connectivity index (χ0n) is 16.2. The molecule has 4 rings (SSSR count). The zero-order chi connectivity index (χ0) is 20.3. The Morgan fingerprint density at radius 2 is 1.97 bits per heavy atom. The van der Waals surface area contributed by atoms with E-state index < -0.39 is 5.41 Å². The van der Waals surface area contributed by atoms with Gasteiger partial charge in [-0.15, -0.1) is 11.3 Å². The number of ether oxygens (including phenoxy) is 1. The van der Waals surface area contributed by atoms with Gasteiger partial charge in [-0.25, -0.2) is 4.79 Å². The van der Waals surface area contributed by atoms with Crippen LogP contribution in [-0.2, 0) is 16.8 Å². The molecule has 2 aromatic heterocycles. The molecule has 1 amide bonds. The Labute approximate surface area is 172 Å². The zero-order valence-corrected chi connectivity index (χ0v) is 17.0. The van der Waals surface area contributed by atoms with Crippen molar-refractivity contribution in [2.24, 2.45) is 0 Å². The number of tetrazole rings is 1. The number of carbonyl (C=O) groups excluding carboxylic acids is 1. The third-order valence-electron chi connectivity index (χ3n) is 5.50. The number of carbonyl (C=O) groups is 1. The van der Waals surface area contributed by atoms with Crippen molar-refractivity contribution < 1.29 is 9.53 Å². The van der Waals surface area contributed by atoms with Gasteiger partial charge in [0.1, 0.15) is 10.8 Å². The summed E-state index contributed by atoms with van der Waals surface area (Å²) < 4.78 is 7.77. The number of hydrogen-bond donors (Lipinski definition) is 1. The summed E-state index contributed by atoms with van der Waals surface area (Å²) in [6.07, 6.45) is 3.68. The first-order chi connectivity index (χ1) is 14.1. The molecular formula is C20H23N5O3S. The van der Waals surface area contributed by atoms with Gasteiger partial charge >= 0.3 is 5.69 Å². The SMILES string of the molecule is COc1ccc(C2(C(=O)NCCn3nnn(-c4cccs4)c3=O)CCCC2)cc1. The normalized spacial score (nSPS) is 15.3. The van der Waals surface area contributed by atoms with Gasteiger partial charge in [-0.1, -0.05) is 25.0 Å². The lowest BCUT2D eigenvalue weighted by Gasteiger charge is -2.28. The van der Waals surface area contributed by atoms with E-state index >= 15 is 0 Å². The minimum absolute atomic E-state index is 0.00105. The summed E-state index contributed by atoms with van der Waals surface area (Å²) >= 11 is 1.42. The Morgan fingerprint density at radius 3 is 2.62 bits per heavy atom. The fraction of sp³-hybridized carbons (Fsp3) is 0.400. The third-order valence-corrected chi connectivity index (χ3v) is 6.34. The average Bonchev–Trinajstić information content (AvgIpc) is 3.50. The Morgan fingerprint density at radius 1 is 1.21 bits per heavy atom. The maximum atomic E-state index is 13.1. The molecule has 1 saturated carbocycles. The largest absolute Gasteiger partial charge is 0.497 e. The van der Waals surface area contributed by atoms with E-state index in [2.05, 4.69) is 15.7 Å². The summed E-state index contributed by atoms with van der Waals surface area (Å²) in [5.74, 6) is 0.773. The van der Waals surface area contributed by atoms with Crippen LogP contribution in [0.2, 0.25) is 0 Å². The minimum Gasteiger partial charge on any atom is -0.497 e. The highest BCUT2D eigenvalue weighted by Gasteiger charge is 2.42. The quantitative estimate of drug-likeness (QED) is 0.641. The van der Waals surface area contributed by atoms with Crippen LogP contribution in [0.3, 0.4) is 0 Å². The number of rotatable bonds is 7. The summed E-state index contributed by atoms with van der Waals surface area (Å²) in [4.78, 5) is 25.5. The molecule has 1 fully saturated rings. The van der Waals surface area contributed by atoms with E-state index in [0.717, 1.165) is 42.0 Å². The molecule has 8 nitrogen and oxygen atoms in total. The monoisotopic (exact) mass is 413 g/mol. The van der Waals surface area contributed by atoms with Gasteiger partial charge in [-0.2, -0.15) is 9.36 Å². The molecule has 152 valence electrons. The lowest BCUT2D eigenvalue weighted by atomic mass is 9.78. The van der Waals surface area contributed by atoms with E-state index in [-0.39, 0.29) is 18.1 Å². The number of benzene rings is 1. The number of nitrogens with zero attached hydrogens (tertiary/aromatic N) is 4. The van der Waals surface area contributed by atoms with Crippen molar-refractivity contribution in [3.8, 4) is 10.8 Å². The summed E-state index contributed by atoms with van der Waals surface area (Å²) in [6.45, 7) is 0.592. The predicted molar refractivity (Wildman–Crippen MR) is 110 cm³/mol. The Kier molecular flexibility index (Phi) is 5.48. The maximum absolute atomic E-state index is 13.1. The molecule has 0 atom stereocenters. The highest BCUT2D eigenvalue weighted by molar-refractivity contribution is 7.12. The topological polar surface area (TPSA) is 91.0 Å². The Bertz CT molecular complexity index is 1020. The van der Waals surface area contributed by atoms with Gasteiger partial charge in [0, 0.05) is 6.54 Å². The molecular weight excluding hydrogens is 390 g/mol. The van der Waals surface area contributed by atoms with Crippen LogP contribution >= 0.6 is 11.3 Å². The van der Waals surface area contributed by atoms with Crippen LogP contribution in [0, 0.1) is 0 Å². The predicted octanol–water partition coefficient (Wildman–Crippen LogP) is 2.13. The van der Waals surface area contributed by atoms with Crippen LogP contribution in [0.15, 0.2) is 46.6 Å². The molecule has 9 heteroatoms. The molecule has 1 aromatic carbocycles. The summed E-state index contributed by atoms with van der Waals surface area (Å²) in [5.41, 5.74) is 0.174. The minimum atomic E-state index is -0.522. The first kappa shape index (κ1) is 19.4. The second-order valence-electron chi connectivity index (χ2n) is 7.12. The molecule has 1 aliphatic rings. The fourth-order valence-corrected chi connectivity index (χ4v) is 4.59. The molecule has 0 radical (unpaired) electrons. The van der Waals surface area contributed by atoms with Crippen molar-refractivity contribution in [2.45, 2.75) is 37.6 Å². The number of amides is 1. The third kappa shape index (κ3) is 3.69. The number of hydrogen-bond acceptors (Lipinski definition) is 6. The standard InChI is InChI=1S/C20H23N5O3S/c1-28-16-8-6-15(7-9-16)20(10-2-3-11-20)18(26)21-12-13-24-19(27)25(23-22-24)17-5-4-14-29-17/h4-9,14H,2-3,10-13H2,1H3,(H,21,26). The van der Waals surface area contributed by atoms with Gasteiger partial charge in [0.25, 0.3) is 0 Å². The van der Waals surface area contributed by atoms with Gasteiger partial charge in [-0.3, -0.25) is 4.79 Å². The molecule has 1 aliphatic carbocycles. The van der Waals surface area contributed by atoms with Gasteiger partial charge in [-0.05, 0) is 58.5 Å². The molecule has 0 bridgehead atoms. The van der Waals surface area contributed by atoms with E-state index in [1.54, 1.807) is 7.11 Å². The first-order valence-electron chi connectivity index (χ1n) is 9.63. The number of nitrogens with one attached hydrogen (secondary N) is 1. The molecule has 3 aromatic rings. The molecule has 1 N–H and O–H groups in total. The number of thiophene rings is 1. The highest BCUT2D eigenvalue weighted by atomic mass is 32.1. The van der Waals surface area contributed by atoms with Crippen LogP contribution in [0.4, 0.5) is 0 Å². The maximum Gasteiger partial charge on any atom is 0.369 e. The summed E-state index contributed by atoms with van der Waals surface area (Å²) in [7, 11) is 1.63. The van der Waals surface area contributed by atoms with Gasteiger partial charge in [0.15, 0.2) is 0 Å². The van der Waals surface area contributed by atoms with Crippen molar-refractivity contribution in [2.75, 3.05) is 13.7 Å². The summed E-state index contributed by atoms with van der Waals surface area (Å²) in [5, 5.41) is 13.4. The van der Waals surface area contributed by atoms with Gasteiger partial charge in [0.2, 0.25) is 5.91 Å². The fourth-order valence-electron chi connectivity index (χ4n) is 3.92. The second-order valence-corrected chi connectivity index (χ2v) is 8.05. The molecule has 0 spiro atoms. The van der Waals surface area contributed by atoms with Crippen LogP contribution in [-0.4, -0.2) is 39.4 Å². The number of methoxy groups -OCH3 is 1. The lowest BCUT2D eigenvalue weighted by molar-refractivity contribution is -0.126. The molecule has 2 heterocycles. The van der Waals surface area contributed by atoms with Crippen LogP contribution in [0.25, 0.3) is 5.00 Å². The Balaban J connectivity index is 1.43. The van der Waals surface area contributed by atoms with Crippen molar-refractivity contribution in [1.29, 1.82) is 0 Å². The van der Waals surface area contributed by atoms with Crippen molar-refractivity contribution in [1.82, 2.24) is 25.1 Å².